The van der Waals surface area contributed by atoms with Gasteiger partial charge >= 0.3 is 11.9 Å². The standard InChI is InChI=1S/C25H21N3O3/c1-17-15-18-9-5-7-13-21(18)27(17)23(29)16-26-22-14-8-6-12-20(22)24(30)28(25(26)31)19-10-3-2-4-11-19/h2-14,17H,15-16H2,1H3/p+2. The molecule has 1 unspecified atom stereocenters. The average molecular weight is 413 g/mol. The second-order valence-electron chi connectivity index (χ2n) is 7.84. The molecule has 0 saturated carbocycles. The molecule has 4 aromatic rings. The molecule has 0 fully saturated rings. The van der Waals surface area contributed by atoms with Crippen molar-refractivity contribution in [2.45, 2.75) is 25.9 Å². The van der Waals surface area contributed by atoms with E-state index < -0.39 is 0 Å². The SMILES string of the molecule is CC1Cc2ccccc2N1C(=O)C[n+]1c(O)[n+](-c2ccccc2)c(O)c2ccccc21. The number of hydrogen-bond acceptors (Lipinski definition) is 3. The largest absolute Gasteiger partial charge is 0.638 e. The molecule has 0 saturated heterocycles. The van der Waals surface area contributed by atoms with Crippen LogP contribution in [0.4, 0.5) is 5.69 Å². The van der Waals surface area contributed by atoms with Crippen LogP contribution in [0, 0.1) is 0 Å². The summed E-state index contributed by atoms with van der Waals surface area (Å²) in [7, 11) is 0. The zero-order valence-electron chi connectivity index (χ0n) is 17.1. The maximum absolute atomic E-state index is 13.4. The third-order valence-electron chi connectivity index (χ3n) is 5.87. The van der Waals surface area contributed by atoms with Crippen LogP contribution in [0.5, 0.6) is 11.9 Å². The summed E-state index contributed by atoms with van der Waals surface area (Å²) in [5, 5.41) is 22.6. The number of rotatable bonds is 3. The summed E-state index contributed by atoms with van der Waals surface area (Å²) in [6.45, 7) is 1.97. The van der Waals surface area contributed by atoms with Crippen molar-refractivity contribution in [1.82, 2.24) is 0 Å². The van der Waals surface area contributed by atoms with Crippen molar-refractivity contribution < 1.29 is 24.1 Å². The fraction of sp³-hybridized carbons (Fsp3) is 0.160. The number of aromatic nitrogens is 2. The van der Waals surface area contributed by atoms with E-state index in [0.717, 1.165) is 17.7 Å². The van der Waals surface area contributed by atoms with Gasteiger partial charge in [-0.1, -0.05) is 53.1 Å². The third-order valence-corrected chi connectivity index (χ3v) is 5.87. The van der Waals surface area contributed by atoms with Gasteiger partial charge in [0, 0.05) is 29.9 Å². The molecule has 0 spiro atoms. The molecular formula is C25H23N3O3+2. The van der Waals surface area contributed by atoms with Gasteiger partial charge in [-0.25, -0.2) is 0 Å². The zero-order chi connectivity index (χ0) is 21.5. The molecule has 0 bridgehead atoms. The molecule has 1 atom stereocenters. The van der Waals surface area contributed by atoms with Gasteiger partial charge in [0.25, 0.3) is 5.91 Å². The van der Waals surface area contributed by atoms with Crippen molar-refractivity contribution in [1.29, 1.82) is 0 Å². The second-order valence-corrected chi connectivity index (χ2v) is 7.84. The Kier molecular flexibility index (Phi) is 4.55. The minimum atomic E-state index is -0.212. The first-order valence-corrected chi connectivity index (χ1v) is 10.3. The average Bonchev–Trinajstić information content (AvgIpc) is 3.13. The van der Waals surface area contributed by atoms with Crippen LogP contribution >= 0.6 is 0 Å². The number of aromatic hydroxyl groups is 2. The predicted octanol–water partition coefficient (Wildman–Crippen LogP) is 2.79. The Labute approximate surface area is 179 Å². The van der Waals surface area contributed by atoms with Crippen molar-refractivity contribution in [2.24, 2.45) is 0 Å². The van der Waals surface area contributed by atoms with E-state index in [1.807, 2.05) is 61.5 Å². The number of benzene rings is 3. The van der Waals surface area contributed by atoms with E-state index in [4.69, 9.17) is 0 Å². The van der Waals surface area contributed by atoms with E-state index in [1.54, 1.807) is 33.7 Å². The van der Waals surface area contributed by atoms with Gasteiger partial charge in [-0.15, -0.1) is 0 Å². The first-order valence-electron chi connectivity index (χ1n) is 10.3. The van der Waals surface area contributed by atoms with Crippen molar-refractivity contribution in [2.75, 3.05) is 4.90 Å². The van der Waals surface area contributed by atoms with E-state index in [2.05, 4.69) is 0 Å². The zero-order valence-corrected chi connectivity index (χ0v) is 17.1. The highest BCUT2D eigenvalue weighted by Crippen LogP contribution is 2.32. The van der Waals surface area contributed by atoms with Crippen molar-refractivity contribution in [3.63, 3.8) is 0 Å². The lowest BCUT2D eigenvalue weighted by Gasteiger charge is -2.21. The maximum atomic E-state index is 13.4. The van der Waals surface area contributed by atoms with Crippen LogP contribution in [-0.4, -0.2) is 22.2 Å². The number of para-hydroxylation sites is 3. The topological polar surface area (TPSA) is 68.5 Å². The van der Waals surface area contributed by atoms with Crippen LogP contribution in [0.2, 0.25) is 0 Å². The second kappa shape index (κ2) is 7.40. The highest BCUT2D eigenvalue weighted by Gasteiger charge is 2.39. The molecule has 2 N–H and O–H groups in total. The number of fused-ring (bicyclic) bond motifs is 2. The summed E-state index contributed by atoms with van der Waals surface area (Å²) >= 11 is 0. The number of carbonyl (C=O) groups excluding carboxylic acids is 1. The quantitative estimate of drug-likeness (QED) is 0.508. The molecule has 1 aliphatic rings. The molecule has 1 aromatic heterocycles. The molecule has 0 radical (unpaired) electrons. The first kappa shape index (κ1) is 19.1. The van der Waals surface area contributed by atoms with E-state index >= 15 is 0 Å². The molecule has 1 amide bonds. The van der Waals surface area contributed by atoms with Gasteiger partial charge in [-0.2, -0.15) is 0 Å². The lowest BCUT2D eigenvalue weighted by molar-refractivity contribution is -0.774. The Morgan fingerprint density at radius 1 is 0.968 bits per heavy atom. The Morgan fingerprint density at radius 2 is 1.65 bits per heavy atom. The lowest BCUT2D eigenvalue weighted by Crippen LogP contribution is -2.52. The summed E-state index contributed by atoms with van der Waals surface area (Å²) in [5.41, 5.74) is 3.24. The smallest absolute Gasteiger partial charge is 0.459 e. The molecule has 154 valence electrons. The van der Waals surface area contributed by atoms with Crippen molar-refractivity contribution in [3.05, 3.63) is 84.4 Å². The summed E-state index contributed by atoms with van der Waals surface area (Å²) in [6, 6.07) is 24.1. The minimum Gasteiger partial charge on any atom is -0.459 e. The number of carbonyl (C=O) groups is 1. The molecule has 1 aliphatic heterocycles. The highest BCUT2D eigenvalue weighted by atomic mass is 16.3. The number of amides is 1. The first-order chi connectivity index (χ1) is 15.1. The lowest BCUT2D eigenvalue weighted by atomic mass is 10.1. The highest BCUT2D eigenvalue weighted by molar-refractivity contribution is 5.95. The fourth-order valence-corrected chi connectivity index (χ4v) is 4.47. The molecule has 6 heteroatoms. The van der Waals surface area contributed by atoms with E-state index in [0.29, 0.717) is 16.6 Å². The Morgan fingerprint density at radius 3 is 2.45 bits per heavy atom. The predicted molar refractivity (Wildman–Crippen MR) is 116 cm³/mol. The van der Waals surface area contributed by atoms with Gasteiger partial charge in [-0.05, 0) is 35.6 Å². The summed E-state index contributed by atoms with van der Waals surface area (Å²) < 4.78 is 2.91. The molecule has 31 heavy (non-hydrogen) atoms. The van der Waals surface area contributed by atoms with E-state index in [1.165, 1.54) is 4.57 Å². The van der Waals surface area contributed by atoms with Gasteiger partial charge in [0.05, 0.1) is 0 Å². The number of hydrogen-bond donors (Lipinski definition) is 2. The molecule has 3 aromatic carbocycles. The molecule has 5 rings (SSSR count). The van der Waals surface area contributed by atoms with Crippen LogP contribution in [0.3, 0.4) is 0 Å². The molecule has 6 nitrogen and oxygen atoms in total. The summed E-state index contributed by atoms with van der Waals surface area (Å²) in [6.07, 6.45) is 0.804. The van der Waals surface area contributed by atoms with E-state index in [9.17, 15) is 15.0 Å². The van der Waals surface area contributed by atoms with Crippen LogP contribution < -0.4 is 14.0 Å². The Hall–Kier alpha value is -3.93. The van der Waals surface area contributed by atoms with Crippen LogP contribution in [0.25, 0.3) is 16.6 Å². The van der Waals surface area contributed by atoms with Gasteiger partial charge in [0.1, 0.15) is 0 Å². The maximum Gasteiger partial charge on any atom is 0.638 e. The van der Waals surface area contributed by atoms with E-state index in [-0.39, 0.29) is 30.4 Å². The normalized spacial score (nSPS) is 15.3. The van der Waals surface area contributed by atoms with Gasteiger partial charge in [0.2, 0.25) is 17.7 Å². The number of nitrogens with zero attached hydrogens (tertiary/aromatic N) is 3. The molecule has 2 heterocycles. The number of anilines is 1. The van der Waals surface area contributed by atoms with Gasteiger partial charge in [-0.3, -0.25) is 4.79 Å². The van der Waals surface area contributed by atoms with Crippen LogP contribution in [0.1, 0.15) is 12.5 Å². The van der Waals surface area contributed by atoms with Crippen LogP contribution in [-0.2, 0) is 17.8 Å². The Bertz CT molecular complexity index is 1300. The van der Waals surface area contributed by atoms with Gasteiger partial charge in [0.15, 0.2) is 5.39 Å². The van der Waals surface area contributed by atoms with Crippen LogP contribution in [0.15, 0.2) is 78.9 Å². The summed E-state index contributed by atoms with van der Waals surface area (Å²) in [5.74, 6) is -0.198. The minimum absolute atomic E-state index is 0.0391. The van der Waals surface area contributed by atoms with Gasteiger partial charge < -0.3 is 15.1 Å². The van der Waals surface area contributed by atoms with Crippen molar-refractivity contribution in [3.8, 4) is 17.6 Å². The Balaban J connectivity index is 1.64. The summed E-state index contributed by atoms with van der Waals surface area (Å²) in [4.78, 5) is 15.2. The molecule has 0 aliphatic carbocycles. The molecular weight excluding hydrogens is 390 g/mol. The van der Waals surface area contributed by atoms with Crippen molar-refractivity contribution >= 4 is 22.5 Å². The fourth-order valence-electron chi connectivity index (χ4n) is 4.47. The third kappa shape index (κ3) is 3.08. The monoisotopic (exact) mass is 413 g/mol.